The molecule has 0 saturated heterocycles. The zero-order chi connectivity index (χ0) is 21.2. The van der Waals surface area contributed by atoms with Gasteiger partial charge < -0.3 is 25.2 Å². The highest BCUT2D eigenvalue weighted by molar-refractivity contribution is 5.88. The van der Waals surface area contributed by atoms with Crippen LogP contribution in [-0.4, -0.2) is 47.2 Å². The molecule has 2 amide bonds. The lowest BCUT2D eigenvalue weighted by molar-refractivity contribution is -0.145. The maximum Gasteiger partial charge on any atom is 0.408 e. The predicted octanol–water partition coefficient (Wildman–Crippen LogP) is 1.60. The van der Waals surface area contributed by atoms with E-state index in [-0.39, 0.29) is 19.4 Å². The summed E-state index contributed by atoms with van der Waals surface area (Å²) in [6.07, 6.45) is -1.06. The van der Waals surface area contributed by atoms with Crippen molar-refractivity contribution in [2.45, 2.75) is 51.9 Å². The zero-order valence-electron chi connectivity index (χ0n) is 16.2. The first kappa shape index (κ1) is 22.9. The Morgan fingerprint density at radius 1 is 1.11 bits per heavy atom. The molecule has 28 heavy (non-hydrogen) atoms. The van der Waals surface area contributed by atoms with Gasteiger partial charge in [-0.15, -0.1) is 0 Å². The van der Waals surface area contributed by atoms with Crippen LogP contribution < -0.4 is 10.6 Å². The Kier molecular flexibility index (Phi) is 8.94. The second-order valence-electron chi connectivity index (χ2n) is 7.00. The Morgan fingerprint density at radius 2 is 1.75 bits per heavy atom. The van der Waals surface area contributed by atoms with Gasteiger partial charge in [0.15, 0.2) is 0 Å². The number of hydrogen-bond acceptors (Lipinski definition) is 6. The summed E-state index contributed by atoms with van der Waals surface area (Å²) < 4.78 is 10.2. The van der Waals surface area contributed by atoms with Gasteiger partial charge in [-0.1, -0.05) is 30.3 Å². The molecular formula is C19H26N2O7. The van der Waals surface area contributed by atoms with Crippen LogP contribution in [0.3, 0.4) is 0 Å². The molecule has 3 N–H and O–H groups in total. The molecule has 0 aliphatic heterocycles. The smallest absolute Gasteiger partial charge is 0.408 e. The number of hydrogen-bond donors (Lipinski definition) is 3. The Labute approximate surface area is 163 Å². The molecule has 0 fully saturated rings. The van der Waals surface area contributed by atoms with Crippen LogP contribution in [0.4, 0.5) is 4.79 Å². The first-order chi connectivity index (χ1) is 13.1. The van der Waals surface area contributed by atoms with Gasteiger partial charge >= 0.3 is 18.0 Å². The van der Waals surface area contributed by atoms with Crippen molar-refractivity contribution in [2.75, 3.05) is 6.54 Å². The van der Waals surface area contributed by atoms with Crippen LogP contribution in [0.1, 0.15) is 39.2 Å². The number of carboxylic acids is 1. The van der Waals surface area contributed by atoms with Crippen LogP contribution in [0.15, 0.2) is 30.3 Å². The number of carbonyl (C=O) groups excluding carboxylic acids is 3. The van der Waals surface area contributed by atoms with Crippen LogP contribution in [-0.2, 0) is 30.5 Å². The van der Waals surface area contributed by atoms with E-state index in [0.29, 0.717) is 0 Å². The molecule has 0 aromatic heterocycles. The van der Waals surface area contributed by atoms with Gasteiger partial charge in [-0.05, 0) is 32.8 Å². The van der Waals surface area contributed by atoms with Crippen molar-refractivity contribution >= 4 is 23.9 Å². The van der Waals surface area contributed by atoms with E-state index >= 15 is 0 Å². The van der Waals surface area contributed by atoms with Crippen molar-refractivity contribution in [3.05, 3.63) is 35.9 Å². The molecule has 154 valence electrons. The molecule has 1 aromatic carbocycles. The summed E-state index contributed by atoms with van der Waals surface area (Å²) in [4.78, 5) is 46.6. The van der Waals surface area contributed by atoms with Crippen molar-refractivity contribution in [3.8, 4) is 0 Å². The molecule has 0 unspecified atom stereocenters. The SMILES string of the molecule is CC(C)(C)OC(=O)N[C@@H](CCC(=O)OCc1ccccc1)C(=O)NCC(=O)O. The molecule has 0 spiro atoms. The van der Waals surface area contributed by atoms with E-state index in [2.05, 4.69) is 10.6 Å². The van der Waals surface area contributed by atoms with Gasteiger partial charge in [0, 0.05) is 6.42 Å². The number of amides is 2. The van der Waals surface area contributed by atoms with Crippen LogP contribution >= 0.6 is 0 Å². The summed E-state index contributed by atoms with van der Waals surface area (Å²) in [5, 5.41) is 13.2. The molecule has 9 heteroatoms. The Bertz CT molecular complexity index is 683. The summed E-state index contributed by atoms with van der Waals surface area (Å²) in [6, 6.07) is 7.94. The van der Waals surface area contributed by atoms with Gasteiger partial charge in [0.2, 0.25) is 5.91 Å². The summed E-state index contributed by atoms with van der Waals surface area (Å²) in [7, 11) is 0. The minimum atomic E-state index is -1.23. The van der Waals surface area contributed by atoms with E-state index in [1.54, 1.807) is 32.9 Å². The number of carboxylic acid groups (broad SMARTS) is 1. The van der Waals surface area contributed by atoms with Gasteiger partial charge in [-0.25, -0.2) is 4.79 Å². The van der Waals surface area contributed by atoms with E-state index in [9.17, 15) is 19.2 Å². The monoisotopic (exact) mass is 394 g/mol. The first-order valence-electron chi connectivity index (χ1n) is 8.75. The predicted molar refractivity (Wildman–Crippen MR) is 99.3 cm³/mol. The van der Waals surface area contributed by atoms with Crippen molar-refractivity contribution < 1.29 is 33.8 Å². The number of aliphatic carboxylic acids is 1. The fourth-order valence-electron chi connectivity index (χ4n) is 2.08. The van der Waals surface area contributed by atoms with E-state index < -0.39 is 42.1 Å². The van der Waals surface area contributed by atoms with E-state index in [0.717, 1.165) is 5.56 Å². The summed E-state index contributed by atoms with van der Waals surface area (Å²) in [5.41, 5.74) is 0.0410. The van der Waals surface area contributed by atoms with Crippen LogP contribution in [0.25, 0.3) is 0 Å². The third-order valence-electron chi connectivity index (χ3n) is 3.30. The number of carbonyl (C=O) groups is 4. The highest BCUT2D eigenvalue weighted by Crippen LogP contribution is 2.09. The van der Waals surface area contributed by atoms with Crippen molar-refractivity contribution in [1.29, 1.82) is 0 Å². The van der Waals surface area contributed by atoms with Crippen LogP contribution in [0.5, 0.6) is 0 Å². The number of benzene rings is 1. The lowest BCUT2D eigenvalue weighted by atomic mass is 10.1. The molecule has 9 nitrogen and oxygen atoms in total. The number of esters is 1. The lowest BCUT2D eigenvalue weighted by Crippen LogP contribution is -2.49. The third kappa shape index (κ3) is 10.1. The fourth-order valence-corrected chi connectivity index (χ4v) is 2.08. The van der Waals surface area contributed by atoms with Crippen LogP contribution in [0, 0.1) is 0 Å². The molecule has 1 rings (SSSR count). The number of rotatable bonds is 9. The second-order valence-corrected chi connectivity index (χ2v) is 7.00. The summed E-state index contributed by atoms with van der Waals surface area (Å²) >= 11 is 0. The Balaban J connectivity index is 2.59. The normalized spacial score (nSPS) is 11.8. The second kappa shape index (κ2) is 10.9. The molecule has 0 aliphatic carbocycles. The third-order valence-corrected chi connectivity index (χ3v) is 3.30. The largest absolute Gasteiger partial charge is 0.480 e. The lowest BCUT2D eigenvalue weighted by Gasteiger charge is -2.23. The van der Waals surface area contributed by atoms with Crippen molar-refractivity contribution in [2.24, 2.45) is 0 Å². The first-order valence-corrected chi connectivity index (χ1v) is 8.75. The standard InChI is InChI=1S/C19H26N2O7/c1-19(2,3)28-18(26)21-14(17(25)20-11-15(22)23)9-10-16(24)27-12-13-7-5-4-6-8-13/h4-8,14H,9-12H2,1-3H3,(H,20,25)(H,21,26)(H,22,23)/t14-/m0/s1. The van der Waals surface area contributed by atoms with Crippen molar-refractivity contribution in [1.82, 2.24) is 10.6 Å². The van der Waals surface area contributed by atoms with E-state index in [4.69, 9.17) is 14.6 Å². The van der Waals surface area contributed by atoms with Gasteiger partial charge in [-0.3, -0.25) is 14.4 Å². The van der Waals surface area contributed by atoms with Gasteiger partial charge in [0.1, 0.15) is 24.8 Å². The van der Waals surface area contributed by atoms with Gasteiger partial charge in [-0.2, -0.15) is 0 Å². The van der Waals surface area contributed by atoms with E-state index in [1.165, 1.54) is 0 Å². The summed E-state index contributed by atoms with van der Waals surface area (Å²) in [6.45, 7) is 4.46. The fraction of sp³-hybridized carbons (Fsp3) is 0.474. The molecule has 1 aromatic rings. The van der Waals surface area contributed by atoms with Gasteiger partial charge in [0.25, 0.3) is 0 Å². The minimum Gasteiger partial charge on any atom is -0.480 e. The molecule has 0 bridgehead atoms. The Morgan fingerprint density at radius 3 is 2.32 bits per heavy atom. The number of ether oxygens (including phenoxy) is 2. The molecule has 0 heterocycles. The highest BCUT2D eigenvalue weighted by Gasteiger charge is 2.25. The average molecular weight is 394 g/mol. The molecule has 0 aliphatic rings. The maximum absolute atomic E-state index is 12.1. The number of alkyl carbamates (subject to hydrolysis) is 1. The van der Waals surface area contributed by atoms with Gasteiger partial charge in [0.05, 0.1) is 0 Å². The summed E-state index contributed by atoms with van der Waals surface area (Å²) in [5.74, 6) is -2.51. The number of nitrogens with one attached hydrogen (secondary N) is 2. The van der Waals surface area contributed by atoms with E-state index in [1.807, 2.05) is 18.2 Å². The minimum absolute atomic E-state index is 0.0711. The Hall–Kier alpha value is -3.10. The highest BCUT2D eigenvalue weighted by atomic mass is 16.6. The maximum atomic E-state index is 12.1. The zero-order valence-corrected chi connectivity index (χ0v) is 16.2. The quantitative estimate of drug-likeness (QED) is 0.542. The molecule has 1 atom stereocenters. The average Bonchev–Trinajstić information content (AvgIpc) is 2.60. The van der Waals surface area contributed by atoms with Crippen LogP contribution in [0.2, 0.25) is 0 Å². The molecular weight excluding hydrogens is 368 g/mol. The van der Waals surface area contributed by atoms with Crippen molar-refractivity contribution in [3.63, 3.8) is 0 Å². The topological polar surface area (TPSA) is 131 Å². The molecule has 0 saturated carbocycles. The molecule has 0 radical (unpaired) electrons.